The van der Waals surface area contributed by atoms with E-state index in [1.54, 1.807) is 47.2 Å². The van der Waals surface area contributed by atoms with Gasteiger partial charge in [-0.2, -0.15) is 0 Å². The van der Waals surface area contributed by atoms with Gasteiger partial charge >= 0.3 is 0 Å². The zero-order chi connectivity index (χ0) is 56.4. The molecule has 0 spiro atoms. The van der Waals surface area contributed by atoms with Crippen LogP contribution in [0.3, 0.4) is 0 Å². The van der Waals surface area contributed by atoms with Crippen LogP contribution in [-0.2, 0) is 19.5 Å². The van der Waals surface area contributed by atoms with Gasteiger partial charge in [0.1, 0.15) is 26.9 Å². The van der Waals surface area contributed by atoms with Crippen LogP contribution in [0, 0.1) is 0 Å². The van der Waals surface area contributed by atoms with Gasteiger partial charge in [-0.15, -0.1) is 43.1 Å². The van der Waals surface area contributed by atoms with Crippen molar-refractivity contribution in [3.8, 4) is 0 Å². The molecule has 2 aliphatic carbocycles. The summed E-state index contributed by atoms with van der Waals surface area (Å²) in [6.45, 7) is 14.6. The normalized spacial score (nSPS) is 15.0. The Hall–Kier alpha value is -6.19. The van der Waals surface area contributed by atoms with Crippen molar-refractivity contribution in [2.24, 2.45) is 87.3 Å². The number of aromatic nitrogens is 5. The Kier molecular flexibility index (Phi) is 43.1. The van der Waals surface area contributed by atoms with E-state index < -0.39 is 0 Å². The number of nitrogens with two attached hydrogens (primary N) is 10. The van der Waals surface area contributed by atoms with Gasteiger partial charge in [0, 0.05) is 88.7 Å². The fraction of sp³-hybridized carbons (Fsp3) is 0.426. The highest BCUT2D eigenvalue weighted by molar-refractivity contribution is 7.09. The monoisotopic (exact) mass is 1090 g/mol. The van der Waals surface area contributed by atoms with Crippen molar-refractivity contribution in [2.45, 2.75) is 65.5 Å². The van der Waals surface area contributed by atoms with Crippen LogP contribution in [-0.4, -0.2) is 147 Å². The van der Waals surface area contributed by atoms with Crippen molar-refractivity contribution >= 4 is 59.1 Å². The molecule has 0 unspecified atom stereocenters. The lowest BCUT2D eigenvalue weighted by molar-refractivity contribution is 0.813. The van der Waals surface area contributed by atoms with E-state index in [9.17, 15) is 0 Å². The van der Waals surface area contributed by atoms with Crippen molar-refractivity contribution < 1.29 is 0 Å². The lowest BCUT2D eigenvalue weighted by Crippen LogP contribution is -2.08. The summed E-state index contributed by atoms with van der Waals surface area (Å²) in [7, 11) is 0. The second kappa shape index (κ2) is 48.2. The van der Waals surface area contributed by atoms with E-state index in [0.717, 1.165) is 104 Å². The number of rotatable bonds is 14. The van der Waals surface area contributed by atoms with Gasteiger partial charge in [0.2, 0.25) is 0 Å². The fourth-order valence-corrected chi connectivity index (χ4v) is 7.02. The van der Waals surface area contributed by atoms with Gasteiger partial charge in [-0.25, -0.2) is 4.99 Å². The number of nitrogens with zero attached hydrogens (tertiary/aromatic N) is 11. The molecule has 8 heterocycles. The molecule has 0 bridgehead atoms. The Morgan fingerprint density at radius 2 is 1.29 bits per heavy atom. The summed E-state index contributed by atoms with van der Waals surface area (Å²) < 4.78 is 0. The molecule has 3 aromatic heterocycles. The molecule has 23 heteroatoms. The van der Waals surface area contributed by atoms with E-state index in [1.807, 2.05) is 49.7 Å². The smallest absolute Gasteiger partial charge is 0.137 e. The number of aliphatic imine (C=N–C) groups is 6. The van der Waals surface area contributed by atoms with Crippen LogP contribution in [0.15, 0.2) is 159 Å². The van der Waals surface area contributed by atoms with Gasteiger partial charge in [-0.3, -0.25) is 29.9 Å². The molecule has 5 aliphatic heterocycles. The Morgan fingerprint density at radius 3 is 1.62 bits per heavy atom. The zero-order valence-electron chi connectivity index (χ0n) is 45.3. The summed E-state index contributed by atoms with van der Waals surface area (Å²) in [5, 5.41) is 16.6. The quantitative estimate of drug-likeness (QED) is 0.111. The molecule has 21 nitrogen and oxygen atoms in total. The van der Waals surface area contributed by atoms with Gasteiger partial charge in [0.15, 0.2) is 0 Å². The summed E-state index contributed by atoms with van der Waals surface area (Å²) in [6.07, 6.45) is 36.0. The summed E-state index contributed by atoms with van der Waals surface area (Å²) >= 11 is 3.02. The van der Waals surface area contributed by atoms with E-state index in [-0.39, 0.29) is 0 Å². The van der Waals surface area contributed by atoms with E-state index >= 15 is 0 Å². The van der Waals surface area contributed by atoms with Gasteiger partial charge in [-0.05, 0) is 112 Å². The number of amidine groups is 1. The van der Waals surface area contributed by atoms with Gasteiger partial charge in [0.25, 0.3) is 0 Å². The van der Waals surface area contributed by atoms with Crippen LogP contribution in [0.2, 0.25) is 0 Å². The second-order valence-corrected chi connectivity index (χ2v) is 18.4. The van der Waals surface area contributed by atoms with Crippen LogP contribution in [0.5, 0.6) is 0 Å². The third-order valence-corrected chi connectivity index (χ3v) is 11.8. The predicted octanol–water partition coefficient (Wildman–Crippen LogP) is 3.44. The van der Waals surface area contributed by atoms with Crippen molar-refractivity contribution in [3.63, 3.8) is 0 Å². The minimum atomic E-state index is 0.469. The Morgan fingerprint density at radius 1 is 0.584 bits per heavy atom. The number of hydrogen-bond acceptors (Lipinski definition) is 23. The van der Waals surface area contributed by atoms with E-state index in [1.165, 1.54) is 51.2 Å². The molecule has 10 rings (SSSR count). The van der Waals surface area contributed by atoms with Crippen LogP contribution in [0.1, 0.15) is 61.5 Å². The summed E-state index contributed by atoms with van der Waals surface area (Å²) in [4.78, 5) is 27.7. The average molecular weight is 1090 g/mol. The van der Waals surface area contributed by atoms with Crippen molar-refractivity contribution in [1.29, 1.82) is 0 Å². The Labute approximate surface area is 465 Å². The number of hydrogen-bond donors (Lipinski definition) is 10. The van der Waals surface area contributed by atoms with E-state index in [4.69, 9.17) is 57.3 Å². The predicted molar refractivity (Wildman–Crippen MR) is 329 cm³/mol. The van der Waals surface area contributed by atoms with Crippen LogP contribution >= 0.6 is 22.7 Å². The minimum absolute atomic E-state index is 0.469. The molecule has 0 amide bonds. The SMILES string of the molecule is CC1=CC=C(CN)C1.CC1=NCC(CN)=C1.NCC1=CC=NC1.NCC1=CCN=C1.NCC1=NCC=N1.NCCC1=CCN=C1.NCCCC1=CC=CC1.NCCc1nncs1.NCc1cccnc1.NCc1nncs1. The third-order valence-electron chi connectivity index (χ3n) is 10.3. The molecule has 7 aliphatic rings. The molecule has 420 valence electrons. The lowest BCUT2D eigenvalue weighted by atomic mass is 10.1. The molecule has 77 heavy (non-hydrogen) atoms. The first-order valence-corrected chi connectivity index (χ1v) is 27.3. The van der Waals surface area contributed by atoms with Crippen molar-refractivity contribution in [3.05, 3.63) is 145 Å². The summed E-state index contributed by atoms with van der Waals surface area (Å²) in [6, 6.07) is 3.83. The lowest BCUT2D eigenvalue weighted by Gasteiger charge is -1.96. The minimum Gasteiger partial charge on any atom is -0.330 e. The van der Waals surface area contributed by atoms with Crippen molar-refractivity contribution in [2.75, 3.05) is 85.1 Å². The average Bonchev–Trinajstić information content (AvgIpc) is 4.31. The second-order valence-electron chi connectivity index (χ2n) is 16.6. The highest BCUT2D eigenvalue weighted by Crippen LogP contribution is 2.16. The summed E-state index contributed by atoms with van der Waals surface area (Å²) in [5.41, 5.74) is 67.7. The first-order valence-electron chi connectivity index (χ1n) is 25.5. The maximum absolute atomic E-state index is 5.39. The molecule has 0 fully saturated rings. The molecule has 0 saturated heterocycles. The van der Waals surface area contributed by atoms with E-state index in [2.05, 4.69) is 98.7 Å². The first-order chi connectivity index (χ1) is 37.6. The number of pyridine rings is 1. The third kappa shape index (κ3) is 37.3. The highest BCUT2D eigenvalue weighted by Gasteiger charge is 2.02. The molecular formula is C54H87N21S2. The van der Waals surface area contributed by atoms with Crippen LogP contribution in [0.4, 0.5) is 0 Å². The fourth-order valence-electron chi connectivity index (χ4n) is 6.07. The Balaban J connectivity index is 0.000000428. The maximum atomic E-state index is 5.39. The molecule has 3 aromatic rings. The molecular weight excluding hydrogens is 1010 g/mol. The van der Waals surface area contributed by atoms with Gasteiger partial charge < -0.3 is 57.3 Å². The molecule has 0 radical (unpaired) electrons. The molecule has 0 atom stereocenters. The van der Waals surface area contributed by atoms with Crippen molar-refractivity contribution in [1.82, 2.24) is 25.4 Å². The largest absolute Gasteiger partial charge is 0.330 e. The van der Waals surface area contributed by atoms with Gasteiger partial charge in [-0.1, -0.05) is 65.3 Å². The Bertz CT molecular complexity index is 2390. The molecule has 20 N–H and O–H groups in total. The van der Waals surface area contributed by atoms with Gasteiger partial charge in [0.05, 0.1) is 39.3 Å². The van der Waals surface area contributed by atoms with E-state index in [0.29, 0.717) is 58.9 Å². The molecule has 0 saturated carbocycles. The van der Waals surface area contributed by atoms with Crippen LogP contribution < -0.4 is 57.3 Å². The topological polar surface area (TPSA) is 399 Å². The highest BCUT2D eigenvalue weighted by atomic mass is 32.1. The maximum Gasteiger partial charge on any atom is 0.137 e. The standard InChI is InChI=1S/C8H13N.C7H11N.2C6H10N2.C6H8N2.2C5H8N2.C4H7N3S.C4H7N3.C3H5N3S/c9-7-3-6-8-4-1-2-5-8;1-6-2-3-7(4-6)5-8;1-5-2-6(3-7)4-8-5;7-3-1-6-2-4-8-5-6;7-4-6-2-1-3-8-5-6;2*6-3-5-1-2-7-4-5;5-2-1-4-7-6-3-8-4;5-3-4-6-1-2-7-4;4-1-3-6-5-2-7-3/h1-2,4H,3,5-7,9H2;2-3H,4-5,8H2,1H3;2H,3-4,7H2,1H3;2,5H,1,3-4,7H2;1-3,5H,4,7H2;1,4H,2-3,6H2;1-2H,3-4,6H2;3H,1-2,5H2;1H,2-3,5H2;2H,1,4H2. The molecule has 0 aromatic carbocycles. The number of allylic oxidation sites excluding steroid dienone is 9. The van der Waals surface area contributed by atoms with Crippen LogP contribution in [0.25, 0.3) is 0 Å². The zero-order valence-corrected chi connectivity index (χ0v) is 47.0. The summed E-state index contributed by atoms with van der Waals surface area (Å²) in [5.74, 6) is 0.764. The first kappa shape index (κ1) is 68.8.